The number of hydrogen-bond acceptors (Lipinski definition) is 4. The van der Waals surface area contributed by atoms with Gasteiger partial charge in [-0.05, 0) is 42.9 Å². The summed E-state index contributed by atoms with van der Waals surface area (Å²) in [5.74, 6) is 0.705. The Kier molecular flexibility index (Phi) is 5.49. The van der Waals surface area contributed by atoms with Crippen LogP contribution in [0, 0.1) is 24.6 Å². The zero-order valence-corrected chi connectivity index (χ0v) is 15.7. The smallest absolute Gasteiger partial charge is 0.257 e. The van der Waals surface area contributed by atoms with E-state index in [-0.39, 0.29) is 11.7 Å². The van der Waals surface area contributed by atoms with Crippen molar-refractivity contribution in [3.63, 3.8) is 0 Å². The summed E-state index contributed by atoms with van der Waals surface area (Å²) >= 11 is 1.41. The minimum atomic E-state index is -0.374. The highest BCUT2D eigenvalue weighted by atomic mass is 32.1. The normalized spacial score (nSPS) is 21.3. The number of thiazole rings is 1. The first-order valence-electron chi connectivity index (χ1n) is 8.65. The Bertz CT molecular complexity index is 751. The van der Waals surface area contributed by atoms with Crippen molar-refractivity contribution in [2.45, 2.75) is 33.7 Å². The number of piperidine rings is 1. The zero-order valence-electron chi connectivity index (χ0n) is 14.9. The summed E-state index contributed by atoms with van der Waals surface area (Å²) < 4.78 is 13.6. The number of nitrogens with zero attached hydrogens (tertiary/aromatic N) is 2. The molecular formula is C19H24FN3OS. The number of benzene rings is 1. The van der Waals surface area contributed by atoms with Crippen molar-refractivity contribution in [1.29, 1.82) is 0 Å². The van der Waals surface area contributed by atoms with Crippen LogP contribution in [-0.2, 0) is 6.54 Å². The van der Waals surface area contributed by atoms with Gasteiger partial charge in [0.15, 0.2) is 5.13 Å². The number of nitrogens with one attached hydrogen (secondary N) is 1. The number of aryl methyl sites for hydroxylation is 1. The van der Waals surface area contributed by atoms with Crippen molar-refractivity contribution >= 4 is 22.4 Å². The van der Waals surface area contributed by atoms with E-state index in [1.54, 1.807) is 19.1 Å². The summed E-state index contributed by atoms with van der Waals surface area (Å²) in [6.45, 7) is 9.23. The number of aromatic nitrogens is 1. The van der Waals surface area contributed by atoms with E-state index in [9.17, 15) is 9.18 Å². The molecule has 0 spiro atoms. The molecule has 25 heavy (non-hydrogen) atoms. The van der Waals surface area contributed by atoms with E-state index in [2.05, 4.69) is 29.0 Å². The Labute approximate surface area is 152 Å². The minimum absolute atomic E-state index is 0.304. The van der Waals surface area contributed by atoms with Crippen molar-refractivity contribution in [1.82, 2.24) is 9.88 Å². The maximum atomic E-state index is 13.6. The maximum Gasteiger partial charge on any atom is 0.257 e. The molecule has 4 nitrogen and oxygen atoms in total. The minimum Gasteiger partial charge on any atom is -0.298 e. The third kappa shape index (κ3) is 4.64. The second-order valence-corrected chi connectivity index (χ2v) is 8.06. The molecule has 1 saturated heterocycles. The SMILES string of the molecule is Cc1ccc(C(=O)Nc2nc(CN3C[C@@H](C)C[C@H](C)C3)cs2)cc1F. The van der Waals surface area contributed by atoms with Crippen molar-refractivity contribution in [2.75, 3.05) is 18.4 Å². The van der Waals surface area contributed by atoms with Crippen LogP contribution in [0.2, 0.25) is 0 Å². The van der Waals surface area contributed by atoms with E-state index in [0.29, 0.717) is 28.1 Å². The number of rotatable bonds is 4. The molecule has 1 fully saturated rings. The molecule has 2 aromatic rings. The number of likely N-dealkylation sites (tertiary alicyclic amines) is 1. The largest absolute Gasteiger partial charge is 0.298 e. The van der Waals surface area contributed by atoms with Crippen LogP contribution in [0.4, 0.5) is 9.52 Å². The summed E-state index contributed by atoms with van der Waals surface area (Å²) in [6.07, 6.45) is 1.28. The lowest BCUT2D eigenvalue weighted by atomic mass is 9.92. The predicted octanol–water partition coefficient (Wildman–Crippen LogP) is 4.32. The lowest BCUT2D eigenvalue weighted by molar-refractivity contribution is 0.102. The van der Waals surface area contributed by atoms with Crippen LogP contribution >= 0.6 is 11.3 Å². The van der Waals surface area contributed by atoms with E-state index < -0.39 is 0 Å². The van der Waals surface area contributed by atoms with Crippen molar-refractivity contribution in [2.24, 2.45) is 11.8 Å². The first kappa shape index (κ1) is 18.0. The van der Waals surface area contributed by atoms with Gasteiger partial charge in [-0.25, -0.2) is 9.37 Å². The average molecular weight is 361 g/mol. The van der Waals surface area contributed by atoms with Gasteiger partial charge in [-0.2, -0.15) is 0 Å². The van der Waals surface area contributed by atoms with Crippen LogP contribution in [0.3, 0.4) is 0 Å². The molecule has 3 rings (SSSR count). The fourth-order valence-corrected chi connectivity index (χ4v) is 4.19. The molecule has 0 bridgehead atoms. The van der Waals surface area contributed by atoms with E-state index in [1.165, 1.54) is 23.8 Å². The number of amides is 1. The van der Waals surface area contributed by atoms with Crippen LogP contribution in [0.5, 0.6) is 0 Å². The molecule has 1 N–H and O–H groups in total. The van der Waals surface area contributed by atoms with Crippen LogP contribution in [0.25, 0.3) is 0 Å². The second-order valence-electron chi connectivity index (χ2n) is 7.20. The Balaban J connectivity index is 1.61. The van der Waals surface area contributed by atoms with Gasteiger partial charge < -0.3 is 0 Å². The highest BCUT2D eigenvalue weighted by Gasteiger charge is 2.22. The third-order valence-corrected chi connectivity index (χ3v) is 5.34. The van der Waals surface area contributed by atoms with Gasteiger partial charge in [0.1, 0.15) is 5.82 Å². The highest BCUT2D eigenvalue weighted by molar-refractivity contribution is 7.13. The summed E-state index contributed by atoms with van der Waals surface area (Å²) in [4.78, 5) is 19.2. The van der Waals surface area contributed by atoms with Crippen molar-refractivity contribution < 1.29 is 9.18 Å². The van der Waals surface area contributed by atoms with E-state index in [1.807, 2.05) is 5.38 Å². The van der Waals surface area contributed by atoms with Crippen LogP contribution in [-0.4, -0.2) is 28.9 Å². The topological polar surface area (TPSA) is 45.2 Å². The number of halogens is 1. The molecule has 1 aliphatic rings. The summed E-state index contributed by atoms with van der Waals surface area (Å²) in [5, 5.41) is 5.30. The Morgan fingerprint density at radius 3 is 2.76 bits per heavy atom. The number of hydrogen-bond donors (Lipinski definition) is 1. The highest BCUT2D eigenvalue weighted by Crippen LogP contribution is 2.24. The first-order valence-corrected chi connectivity index (χ1v) is 9.53. The van der Waals surface area contributed by atoms with Gasteiger partial charge in [-0.15, -0.1) is 11.3 Å². The molecule has 2 atom stereocenters. The Morgan fingerprint density at radius 2 is 2.08 bits per heavy atom. The van der Waals surface area contributed by atoms with Gasteiger partial charge >= 0.3 is 0 Å². The van der Waals surface area contributed by atoms with Gasteiger partial charge in [-0.1, -0.05) is 19.9 Å². The van der Waals surface area contributed by atoms with Gasteiger partial charge in [-0.3, -0.25) is 15.0 Å². The standard InChI is InChI=1S/C19H24FN3OS/c1-12-6-13(2)9-23(8-12)10-16-11-25-19(21-16)22-18(24)15-5-4-14(3)17(20)7-15/h4-5,7,11-13H,6,8-10H2,1-3H3,(H,21,22,24)/t12-,13-/m0/s1. The van der Waals surface area contributed by atoms with Gasteiger partial charge in [0.2, 0.25) is 0 Å². The molecule has 1 amide bonds. The van der Waals surface area contributed by atoms with Gasteiger partial charge in [0.05, 0.1) is 5.69 Å². The lowest BCUT2D eigenvalue weighted by Crippen LogP contribution is -2.38. The molecule has 2 heterocycles. The zero-order chi connectivity index (χ0) is 18.0. The molecule has 6 heteroatoms. The Hall–Kier alpha value is -1.79. The van der Waals surface area contributed by atoms with E-state index in [0.717, 1.165) is 25.3 Å². The van der Waals surface area contributed by atoms with Gasteiger partial charge in [0, 0.05) is 30.6 Å². The van der Waals surface area contributed by atoms with Crippen LogP contribution < -0.4 is 5.32 Å². The van der Waals surface area contributed by atoms with E-state index >= 15 is 0 Å². The van der Waals surface area contributed by atoms with Gasteiger partial charge in [0.25, 0.3) is 5.91 Å². The van der Waals surface area contributed by atoms with Crippen molar-refractivity contribution in [3.8, 4) is 0 Å². The number of anilines is 1. The fourth-order valence-electron chi connectivity index (χ4n) is 3.49. The van der Waals surface area contributed by atoms with E-state index in [4.69, 9.17) is 0 Å². The molecule has 1 aromatic carbocycles. The summed E-state index contributed by atoms with van der Waals surface area (Å²) in [6, 6.07) is 4.49. The molecular weight excluding hydrogens is 337 g/mol. The second kappa shape index (κ2) is 7.62. The molecule has 1 aliphatic heterocycles. The molecule has 0 aliphatic carbocycles. The Morgan fingerprint density at radius 1 is 1.36 bits per heavy atom. The molecule has 0 radical (unpaired) electrons. The molecule has 0 saturated carbocycles. The first-order chi connectivity index (χ1) is 11.9. The summed E-state index contributed by atoms with van der Waals surface area (Å²) in [7, 11) is 0. The van der Waals surface area contributed by atoms with Crippen LogP contribution in [0.1, 0.15) is 41.9 Å². The summed E-state index contributed by atoms with van der Waals surface area (Å²) in [5.41, 5.74) is 1.80. The van der Waals surface area contributed by atoms with Crippen LogP contribution in [0.15, 0.2) is 23.6 Å². The maximum absolute atomic E-state index is 13.6. The molecule has 134 valence electrons. The molecule has 0 unspecified atom stereocenters. The molecule has 1 aromatic heterocycles. The van der Waals surface area contributed by atoms with Crippen molar-refractivity contribution in [3.05, 3.63) is 46.2 Å². The number of carbonyl (C=O) groups is 1. The quantitative estimate of drug-likeness (QED) is 0.882. The fraction of sp³-hybridized carbons (Fsp3) is 0.474. The monoisotopic (exact) mass is 361 g/mol. The average Bonchev–Trinajstić information content (AvgIpc) is 2.95. The number of carbonyl (C=O) groups excluding carboxylic acids is 1. The predicted molar refractivity (Wildman–Crippen MR) is 99.4 cm³/mol. The lowest BCUT2D eigenvalue weighted by Gasteiger charge is -2.34. The third-order valence-electron chi connectivity index (χ3n) is 4.54.